The van der Waals surface area contributed by atoms with Gasteiger partial charge in [0, 0.05) is 12.1 Å². The fourth-order valence-electron chi connectivity index (χ4n) is 4.14. The van der Waals surface area contributed by atoms with E-state index >= 15 is 0 Å². The van der Waals surface area contributed by atoms with Gasteiger partial charge in [-0.3, -0.25) is 9.59 Å². The van der Waals surface area contributed by atoms with Crippen molar-refractivity contribution in [3.05, 3.63) is 101 Å². The molecule has 0 bridgehead atoms. The molecule has 1 aliphatic heterocycles. The molecule has 0 spiro atoms. The average molecular weight is 461 g/mol. The van der Waals surface area contributed by atoms with E-state index in [9.17, 15) is 19.1 Å². The maximum Gasteiger partial charge on any atom is 0.295 e. The van der Waals surface area contributed by atoms with Gasteiger partial charge in [0.15, 0.2) is 11.5 Å². The summed E-state index contributed by atoms with van der Waals surface area (Å²) in [6.45, 7) is 0.258. The second-order valence-electron chi connectivity index (χ2n) is 7.85. The van der Waals surface area contributed by atoms with Gasteiger partial charge in [-0.2, -0.15) is 0 Å². The molecule has 1 heterocycles. The first-order valence-corrected chi connectivity index (χ1v) is 10.7. The summed E-state index contributed by atoms with van der Waals surface area (Å²) >= 11 is 0. The Morgan fingerprint density at radius 3 is 2.26 bits per heavy atom. The molecule has 1 aliphatic rings. The third-order valence-corrected chi connectivity index (χ3v) is 5.87. The fourth-order valence-corrected chi connectivity index (χ4v) is 4.14. The van der Waals surface area contributed by atoms with Crippen LogP contribution < -0.4 is 9.47 Å². The molecule has 0 radical (unpaired) electrons. The molecule has 1 amide bonds. The number of likely N-dealkylation sites (tertiary alicyclic amines) is 1. The Morgan fingerprint density at radius 1 is 0.941 bits per heavy atom. The van der Waals surface area contributed by atoms with Crippen LogP contribution >= 0.6 is 0 Å². The number of rotatable bonds is 7. The summed E-state index contributed by atoms with van der Waals surface area (Å²) in [6.07, 6.45) is 0.522. The van der Waals surface area contributed by atoms with E-state index in [1.165, 1.54) is 43.4 Å². The molecule has 174 valence electrons. The van der Waals surface area contributed by atoms with Crippen molar-refractivity contribution >= 4 is 17.4 Å². The van der Waals surface area contributed by atoms with E-state index in [-0.39, 0.29) is 23.4 Å². The van der Waals surface area contributed by atoms with E-state index < -0.39 is 23.5 Å². The summed E-state index contributed by atoms with van der Waals surface area (Å²) in [5.41, 5.74) is 1.77. The first-order valence-electron chi connectivity index (χ1n) is 10.7. The molecule has 4 rings (SSSR count). The summed E-state index contributed by atoms with van der Waals surface area (Å²) < 4.78 is 24.2. The lowest BCUT2D eigenvalue weighted by Gasteiger charge is -2.26. The highest BCUT2D eigenvalue weighted by atomic mass is 19.1. The zero-order valence-electron chi connectivity index (χ0n) is 18.8. The van der Waals surface area contributed by atoms with Gasteiger partial charge >= 0.3 is 0 Å². The maximum absolute atomic E-state index is 13.4. The van der Waals surface area contributed by atoms with Gasteiger partial charge in [-0.15, -0.1) is 0 Å². The van der Waals surface area contributed by atoms with Crippen molar-refractivity contribution in [2.45, 2.75) is 12.5 Å². The Morgan fingerprint density at radius 2 is 1.62 bits per heavy atom. The number of hydrogen-bond donors (Lipinski definition) is 1. The average Bonchev–Trinajstić information content (AvgIpc) is 3.12. The lowest BCUT2D eigenvalue weighted by molar-refractivity contribution is -0.139. The zero-order chi connectivity index (χ0) is 24.2. The number of methoxy groups -OCH3 is 2. The normalized spacial score (nSPS) is 17.1. The molecule has 1 N–H and O–H groups in total. The molecule has 7 heteroatoms. The van der Waals surface area contributed by atoms with E-state index in [0.29, 0.717) is 23.5 Å². The molecule has 1 atom stereocenters. The number of benzene rings is 3. The van der Waals surface area contributed by atoms with Crippen LogP contribution in [-0.2, 0) is 16.0 Å². The van der Waals surface area contributed by atoms with Gasteiger partial charge in [-0.1, -0.05) is 36.4 Å². The van der Waals surface area contributed by atoms with Crippen molar-refractivity contribution in [3.63, 3.8) is 0 Å². The lowest BCUT2D eigenvalue weighted by Crippen LogP contribution is -2.31. The van der Waals surface area contributed by atoms with E-state index in [1.54, 1.807) is 18.2 Å². The van der Waals surface area contributed by atoms with Crippen molar-refractivity contribution in [3.8, 4) is 11.5 Å². The number of nitrogens with zero attached hydrogens (tertiary/aromatic N) is 1. The molecule has 0 saturated carbocycles. The molecule has 1 saturated heterocycles. The third kappa shape index (κ3) is 4.37. The summed E-state index contributed by atoms with van der Waals surface area (Å²) in [5, 5.41) is 11.1. The number of carbonyl (C=O) groups excluding carboxylic acids is 2. The molecule has 3 aromatic rings. The van der Waals surface area contributed by atoms with Gasteiger partial charge in [-0.25, -0.2) is 4.39 Å². The van der Waals surface area contributed by atoms with Crippen LogP contribution in [0.2, 0.25) is 0 Å². The number of amides is 1. The highest BCUT2D eigenvalue weighted by Crippen LogP contribution is 2.42. The van der Waals surface area contributed by atoms with Crippen molar-refractivity contribution in [2.24, 2.45) is 0 Å². The zero-order valence-corrected chi connectivity index (χ0v) is 18.8. The minimum absolute atomic E-state index is 0.0584. The van der Waals surface area contributed by atoms with Crippen LogP contribution in [0.15, 0.2) is 78.4 Å². The van der Waals surface area contributed by atoms with Crippen LogP contribution in [0.25, 0.3) is 5.76 Å². The Labute approximate surface area is 196 Å². The number of aliphatic hydroxyl groups is 1. The number of hydrogen-bond acceptors (Lipinski definition) is 5. The smallest absolute Gasteiger partial charge is 0.295 e. The quantitative estimate of drug-likeness (QED) is 0.318. The Hall–Kier alpha value is -4.13. The Bertz CT molecular complexity index is 1240. The summed E-state index contributed by atoms with van der Waals surface area (Å²) in [5.74, 6) is -1.42. The molecular formula is C27H24FNO5. The van der Waals surface area contributed by atoms with Crippen molar-refractivity contribution in [2.75, 3.05) is 20.8 Å². The second-order valence-corrected chi connectivity index (χ2v) is 7.85. The highest BCUT2D eigenvalue weighted by molar-refractivity contribution is 6.46. The highest BCUT2D eigenvalue weighted by Gasteiger charge is 2.46. The standard InChI is InChI=1S/C27H24FNO5/c1-33-21-13-10-19(16-22(21)34-2)24-23(25(30)18-8-11-20(28)12-9-18)26(31)27(32)29(24)15-14-17-6-4-3-5-7-17/h3-13,16,24,30H,14-15H2,1-2H3. The first kappa shape index (κ1) is 23.0. The predicted molar refractivity (Wildman–Crippen MR) is 125 cm³/mol. The number of carbonyl (C=O) groups is 2. The molecule has 3 aromatic carbocycles. The first-order chi connectivity index (χ1) is 16.4. The van der Waals surface area contributed by atoms with Crippen molar-refractivity contribution < 1.29 is 28.6 Å². The molecular weight excluding hydrogens is 437 g/mol. The largest absolute Gasteiger partial charge is 0.507 e. The third-order valence-electron chi connectivity index (χ3n) is 5.87. The van der Waals surface area contributed by atoms with Gasteiger partial charge in [0.05, 0.1) is 25.8 Å². The number of aliphatic hydroxyl groups excluding tert-OH is 1. The van der Waals surface area contributed by atoms with Crippen LogP contribution in [0, 0.1) is 5.82 Å². The molecule has 34 heavy (non-hydrogen) atoms. The van der Waals surface area contributed by atoms with Gasteiger partial charge in [0.25, 0.3) is 11.7 Å². The van der Waals surface area contributed by atoms with Gasteiger partial charge < -0.3 is 19.5 Å². The number of ether oxygens (including phenoxy) is 2. The van der Waals surface area contributed by atoms with E-state index in [2.05, 4.69) is 0 Å². The number of ketones is 1. The number of halogens is 1. The van der Waals surface area contributed by atoms with E-state index in [0.717, 1.165) is 5.56 Å². The Kier molecular flexibility index (Phi) is 6.63. The van der Waals surface area contributed by atoms with Crippen LogP contribution in [-0.4, -0.2) is 42.5 Å². The monoisotopic (exact) mass is 461 g/mol. The van der Waals surface area contributed by atoms with Crippen molar-refractivity contribution in [1.82, 2.24) is 4.90 Å². The molecule has 1 unspecified atom stereocenters. The van der Waals surface area contributed by atoms with Gasteiger partial charge in [0.2, 0.25) is 0 Å². The van der Waals surface area contributed by atoms with Crippen LogP contribution in [0.1, 0.15) is 22.7 Å². The maximum atomic E-state index is 13.4. The minimum Gasteiger partial charge on any atom is -0.507 e. The van der Waals surface area contributed by atoms with E-state index in [4.69, 9.17) is 9.47 Å². The lowest BCUT2D eigenvalue weighted by atomic mass is 9.94. The Balaban J connectivity index is 1.82. The van der Waals surface area contributed by atoms with Gasteiger partial charge in [0.1, 0.15) is 11.6 Å². The number of Topliss-reactive ketones (excluding diaryl/α,β-unsaturated/α-hetero) is 1. The SMILES string of the molecule is COc1ccc(C2C(=C(O)c3ccc(F)cc3)C(=O)C(=O)N2CCc2ccccc2)cc1OC. The molecule has 0 aliphatic carbocycles. The molecule has 0 aromatic heterocycles. The molecule has 1 fully saturated rings. The van der Waals surface area contributed by atoms with Gasteiger partial charge in [-0.05, 0) is 53.9 Å². The van der Waals surface area contributed by atoms with E-state index in [1.807, 2.05) is 30.3 Å². The summed E-state index contributed by atoms with van der Waals surface area (Å²) in [6, 6.07) is 19.0. The van der Waals surface area contributed by atoms with Crippen LogP contribution in [0.5, 0.6) is 11.5 Å². The van der Waals surface area contributed by atoms with Crippen LogP contribution in [0.4, 0.5) is 4.39 Å². The predicted octanol–water partition coefficient (Wildman–Crippen LogP) is 4.51. The summed E-state index contributed by atoms with van der Waals surface area (Å²) in [4.78, 5) is 27.7. The van der Waals surface area contributed by atoms with Crippen molar-refractivity contribution in [1.29, 1.82) is 0 Å². The summed E-state index contributed by atoms with van der Waals surface area (Å²) in [7, 11) is 3.00. The second kappa shape index (κ2) is 9.79. The minimum atomic E-state index is -0.853. The molecule has 6 nitrogen and oxygen atoms in total. The topological polar surface area (TPSA) is 76.1 Å². The fraction of sp³-hybridized carbons (Fsp3) is 0.185. The van der Waals surface area contributed by atoms with Crippen LogP contribution in [0.3, 0.4) is 0 Å².